The predicted molar refractivity (Wildman–Crippen MR) is 84.0 cm³/mol. The largest absolute Gasteiger partial charge is 0.391 e. The highest BCUT2D eigenvalue weighted by atomic mass is 16.3. The number of amides is 1. The Morgan fingerprint density at radius 2 is 2.00 bits per heavy atom. The van der Waals surface area contributed by atoms with Gasteiger partial charge in [-0.25, -0.2) is 0 Å². The zero-order valence-corrected chi connectivity index (χ0v) is 14.1. The Kier molecular flexibility index (Phi) is 6.40. The van der Waals surface area contributed by atoms with Gasteiger partial charge in [0.1, 0.15) is 0 Å². The lowest BCUT2D eigenvalue weighted by atomic mass is 9.98. The van der Waals surface area contributed by atoms with Crippen molar-refractivity contribution < 1.29 is 9.90 Å². The Labute approximate surface area is 127 Å². The Hall–Kier alpha value is -1.36. The molecule has 1 aromatic heterocycles. The van der Waals surface area contributed by atoms with Gasteiger partial charge in [-0.2, -0.15) is 5.10 Å². The molecule has 21 heavy (non-hydrogen) atoms. The molecule has 0 fully saturated rings. The smallest absolute Gasteiger partial charge is 0.223 e. The van der Waals surface area contributed by atoms with Gasteiger partial charge in [-0.05, 0) is 31.7 Å². The molecule has 1 aromatic rings. The van der Waals surface area contributed by atoms with Gasteiger partial charge in [0.15, 0.2) is 0 Å². The monoisotopic (exact) mass is 295 g/mol. The molecule has 5 heteroatoms. The van der Waals surface area contributed by atoms with Crippen LogP contribution in [-0.2, 0) is 18.3 Å². The quantitative estimate of drug-likeness (QED) is 0.805. The lowest BCUT2D eigenvalue weighted by Gasteiger charge is -2.19. The molecule has 1 heterocycles. The van der Waals surface area contributed by atoms with E-state index in [0.29, 0.717) is 13.0 Å². The van der Waals surface area contributed by atoms with Gasteiger partial charge in [-0.1, -0.05) is 27.2 Å². The molecule has 0 aromatic carbocycles. The molecule has 5 nitrogen and oxygen atoms in total. The highest BCUT2D eigenvalue weighted by Crippen LogP contribution is 2.17. The van der Waals surface area contributed by atoms with Crippen LogP contribution < -0.4 is 5.32 Å². The molecule has 0 aliphatic rings. The van der Waals surface area contributed by atoms with Gasteiger partial charge >= 0.3 is 0 Å². The molecule has 120 valence electrons. The first-order valence-electron chi connectivity index (χ1n) is 7.72. The number of aliphatic hydroxyl groups excluding tert-OH is 1. The third-order valence-electron chi connectivity index (χ3n) is 4.40. The minimum absolute atomic E-state index is 0.0139. The number of hydrogen-bond donors (Lipinski definition) is 2. The Bertz CT molecular complexity index is 482. The van der Waals surface area contributed by atoms with E-state index >= 15 is 0 Å². The van der Waals surface area contributed by atoms with Crippen LogP contribution in [0.5, 0.6) is 0 Å². The van der Waals surface area contributed by atoms with E-state index < -0.39 is 6.10 Å². The van der Waals surface area contributed by atoms with Gasteiger partial charge in [0.25, 0.3) is 0 Å². The third-order valence-corrected chi connectivity index (χ3v) is 4.40. The van der Waals surface area contributed by atoms with Crippen molar-refractivity contribution in [1.82, 2.24) is 15.1 Å². The Morgan fingerprint density at radius 1 is 1.38 bits per heavy atom. The topological polar surface area (TPSA) is 67.2 Å². The van der Waals surface area contributed by atoms with E-state index in [1.165, 1.54) is 0 Å². The second kappa shape index (κ2) is 7.59. The fourth-order valence-corrected chi connectivity index (χ4v) is 2.36. The van der Waals surface area contributed by atoms with Crippen molar-refractivity contribution >= 4 is 5.91 Å². The van der Waals surface area contributed by atoms with Crippen LogP contribution in [0.2, 0.25) is 0 Å². The summed E-state index contributed by atoms with van der Waals surface area (Å²) < 4.78 is 1.85. The van der Waals surface area contributed by atoms with Gasteiger partial charge in [0.2, 0.25) is 5.91 Å². The summed E-state index contributed by atoms with van der Waals surface area (Å²) in [4.78, 5) is 12.1. The number of nitrogens with zero attached hydrogens (tertiary/aromatic N) is 2. The predicted octanol–water partition coefficient (Wildman–Crippen LogP) is 1.74. The lowest BCUT2D eigenvalue weighted by Crippen LogP contribution is -2.38. The summed E-state index contributed by atoms with van der Waals surface area (Å²) in [5, 5.41) is 17.1. The maximum absolute atomic E-state index is 12.1. The van der Waals surface area contributed by atoms with Crippen LogP contribution in [0.1, 0.15) is 44.1 Å². The van der Waals surface area contributed by atoms with Crippen LogP contribution in [0.25, 0.3) is 0 Å². The van der Waals surface area contributed by atoms with Crippen LogP contribution in [0.3, 0.4) is 0 Å². The van der Waals surface area contributed by atoms with E-state index in [0.717, 1.165) is 23.4 Å². The van der Waals surface area contributed by atoms with Crippen molar-refractivity contribution in [3.63, 3.8) is 0 Å². The molecule has 3 unspecified atom stereocenters. The number of carbonyl (C=O) groups is 1. The highest BCUT2D eigenvalue weighted by Gasteiger charge is 2.20. The van der Waals surface area contributed by atoms with E-state index in [4.69, 9.17) is 0 Å². The minimum atomic E-state index is -0.479. The van der Waals surface area contributed by atoms with Gasteiger partial charge < -0.3 is 10.4 Å². The molecule has 0 aliphatic heterocycles. The van der Waals surface area contributed by atoms with Gasteiger partial charge in [-0.3, -0.25) is 9.48 Å². The normalized spacial score (nSPS) is 15.6. The summed E-state index contributed by atoms with van der Waals surface area (Å²) in [5.41, 5.74) is 3.23. The molecule has 1 amide bonds. The summed E-state index contributed by atoms with van der Waals surface area (Å²) in [7, 11) is 1.92. The first-order valence-corrected chi connectivity index (χ1v) is 7.72. The standard InChI is InChI=1S/C16H29N3O2/c1-7-10(2)15(20)9-17-16(21)11(3)8-14-12(4)18-19(6)13(14)5/h10-11,15,20H,7-9H2,1-6H3,(H,17,21). The number of nitrogens with one attached hydrogen (secondary N) is 1. The van der Waals surface area contributed by atoms with Crippen LogP contribution in [0, 0.1) is 25.7 Å². The molecular weight excluding hydrogens is 266 g/mol. The number of rotatable bonds is 7. The average Bonchev–Trinajstić information content (AvgIpc) is 2.69. The Morgan fingerprint density at radius 3 is 2.48 bits per heavy atom. The summed E-state index contributed by atoms with van der Waals surface area (Å²) in [6.07, 6.45) is 1.10. The number of carbonyl (C=O) groups excluding carboxylic acids is 1. The number of aromatic nitrogens is 2. The van der Waals surface area contributed by atoms with Gasteiger partial charge in [0.05, 0.1) is 11.8 Å². The van der Waals surface area contributed by atoms with E-state index in [1.54, 1.807) is 0 Å². The van der Waals surface area contributed by atoms with Crippen LogP contribution in [-0.4, -0.2) is 33.4 Å². The number of aliphatic hydroxyl groups is 1. The fraction of sp³-hybridized carbons (Fsp3) is 0.750. The van der Waals surface area contributed by atoms with Crippen molar-refractivity contribution in [2.75, 3.05) is 6.54 Å². The summed E-state index contributed by atoms with van der Waals surface area (Å²) >= 11 is 0. The van der Waals surface area contributed by atoms with E-state index in [2.05, 4.69) is 10.4 Å². The SMILES string of the molecule is CCC(C)C(O)CNC(=O)C(C)Cc1c(C)nn(C)c1C. The highest BCUT2D eigenvalue weighted by molar-refractivity contribution is 5.78. The molecule has 2 N–H and O–H groups in total. The number of hydrogen-bond acceptors (Lipinski definition) is 3. The molecule has 0 bridgehead atoms. The van der Waals surface area contributed by atoms with E-state index in [9.17, 15) is 9.90 Å². The van der Waals surface area contributed by atoms with Crippen molar-refractivity contribution in [2.45, 2.75) is 53.6 Å². The maximum atomic E-state index is 12.1. The molecule has 0 spiro atoms. The molecule has 1 rings (SSSR count). The third kappa shape index (κ3) is 4.56. The lowest BCUT2D eigenvalue weighted by molar-refractivity contribution is -0.125. The average molecular weight is 295 g/mol. The molecule has 0 aliphatic carbocycles. The van der Waals surface area contributed by atoms with E-state index in [-0.39, 0.29) is 17.7 Å². The molecule has 0 saturated carbocycles. The Balaban J connectivity index is 2.55. The van der Waals surface area contributed by atoms with Crippen LogP contribution in [0.15, 0.2) is 0 Å². The summed E-state index contributed by atoms with van der Waals surface area (Å²) in [6.45, 7) is 10.3. The first kappa shape index (κ1) is 17.7. The van der Waals surface area contributed by atoms with Crippen molar-refractivity contribution in [3.8, 4) is 0 Å². The van der Waals surface area contributed by atoms with Crippen molar-refractivity contribution in [3.05, 3.63) is 17.0 Å². The molecule has 0 radical (unpaired) electrons. The first-order chi connectivity index (χ1) is 9.77. The summed E-state index contributed by atoms with van der Waals surface area (Å²) in [6, 6.07) is 0. The summed E-state index contributed by atoms with van der Waals surface area (Å²) in [5.74, 6) is 0.0548. The molecule has 0 saturated heterocycles. The zero-order chi connectivity index (χ0) is 16.2. The van der Waals surface area contributed by atoms with Crippen LogP contribution >= 0.6 is 0 Å². The zero-order valence-electron chi connectivity index (χ0n) is 14.1. The second-order valence-corrected chi connectivity index (χ2v) is 6.08. The van der Waals surface area contributed by atoms with Gasteiger partial charge in [-0.15, -0.1) is 0 Å². The second-order valence-electron chi connectivity index (χ2n) is 6.08. The van der Waals surface area contributed by atoms with E-state index in [1.807, 2.05) is 46.3 Å². The number of aryl methyl sites for hydroxylation is 2. The molecular formula is C16H29N3O2. The van der Waals surface area contributed by atoms with Crippen molar-refractivity contribution in [2.24, 2.45) is 18.9 Å². The van der Waals surface area contributed by atoms with Crippen molar-refractivity contribution in [1.29, 1.82) is 0 Å². The maximum Gasteiger partial charge on any atom is 0.223 e. The minimum Gasteiger partial charge on any atom is -0.391 e. The fourth-order valence-electron chi connectivity index (χ4n) is 2.36. The van der Waals surface area contributed by atoms with Gasteiger partial charge in [0, 0.05) is 25.2 Å². The van der Waals surface area contributed by atoms with Crippen LogP contribution in [0.4, 0.5) is 0 Å². The molecule has 3 atom stereocenters.